The Bertz CT molecular complexity index is 1150. The molecule has 6 heteroatoms. The minimum absolute atomic E-state index is 0.271. The smallest absolute Gasteiger partial charge is 0.280 e. The van der Waals surface area contributed by atoms with E-state index >= 15 is 0 Å². The van der Waals surface area contributed by atoms with Crippen LogP contribution in [0.15, 0.2) is 38.9 Å². The standard InChI is InChI=1S/C22H27N3O2S/c1-6-7-8-16-12-23-20-18(21(26)25(5)22(27)24(20)4)19(16)28-13-17-11-14(2)9-10-15(17)3/h9-12H,6-8,13H2,1-5H3. The van der Waals surface area contributed by atoms with Crippen LogP contribution in [-0.2, 0) is 26.3 Å². The van der Waals surface area contributed by atoms with Gasteiger partial charge < -0.3 is 0 Å². The van der Waals surface area contributed by atoms with Crippen LogP contribution in [0.3, 0.4) is 0 Å². The summed E-state index contributed by atoms with van der Waals surface area (Å²) in [6.07, 6.45) is 4.82. The van der Waals surface area contributed by atoms with E-state index in [1.54, 1.807) is 18.8 Å². The Morgan fingerprint density at radius 2 is 1.82 bits per heavy atom. The molecule has 0 radical (unpaired) electrons. The normalized spacial score (nSPS) is 11.3. The number of pyridine rings is 1. The third-order valence-corrected chi connectivity index (χ3v) is 6.38. The van der Waals surface area contributed by atoms with Crippen LogP contribution in [-0.4, -0.2) is 14.1 Å². The molecule has 2 aromatic heterocycles. The Labute approximate surface area is 169 Å². The molecule has 0 atom stereocenters. The maximum atomic E-state index is 13.0. The summed E-state index contributed by atoms with van der Waals surface area (Å²) in [5.74, 6) is 0.776. The number of thioether (sulfide) groups is 1. The zero-order chi connectivity index (χ0) is 20.4. The molecule has 0 saturated carbocycles. The average molecular weight is 398 g/mol. The van der Waals surface area contributed by atoms with Gasteiger partial charge in [0.1, 0.15) is 5.65 Å². The van der Waals surface area contributed by atoms with Gasteiger partial charge in [0.15, 0.2) is 0 Å². The summed E-state index contributed by atoms with van der Waals surface area (Å²) in [5, 5.41) is 0.550. The predicted molar refractivity (Wildman–Crippen MR) is 116 cm³/mol. The molecule has 0 bridgehead atoms. The first-order valence-corrected chi connectivity index (χ1v) is 10.6. The molecule has 0 spiro atoms. The van der Waals surface area contributed by atoms with E-state index in [2.05, 4.69) is 44.0 Å². The summed E-state index contributed by atoms with van der Waals surface area (Å²) in [6, 6.07) is 6.45. The van der Waals surface area contributed by atoms with Gasteiger partial charge in [-0.25, -0.2) is 9.78 Å². The molecule has 2 heterocycles. The highest BCUT2D eigenvalue weighted by atomic mass is 32.2. The third-order valence-electron chi connectivity index (χ3n) is 5.17. The topological polar surface area (TPSA) is 56.9 Å². The van der Waals surface area contributed by atoms with Gasteiger partial charge in [-0.05, 0) is 43.4 Å². The number of aromatic nitrogens is 3. The van der Waals surface area contributed by atoms with Crippen LogP contribution < -0.4 is 11.2 Å². The van der Waals surface area contributed by atoms with Gasteiger partial charge in [-0.3, -0.25) is 13.9 Å². The molecule has 0 aliphatic carbocycles. The summed E-state index contributed by atoms with van der Waals surface area (Å²) >= 11 is 1.67. The molecular weight excluding hydrogens is 370 g/mol. The molecule has 0 saturated heterocycles. The Balaban J connectivity index is 2.18. The van der Waals surface area contributed by atoms with Crippen LogP contribution in [0.2, 0.25) is 0 Å². The van der Waals surface area contributed by atoms with Gasteiger partial charge in [-0.2, -0.15) is 0 Å². The highest BCUT2D eigenvalue weighted by Gasteiger charge is 2.18. The summed E-state index contributed by atoms with van der Waals surface area (Å²) in [5.41, 5.74) is 4.65. The first-order valence-electron chi connectivity index (χ1n) is 9.61. The Hall–Kier alpha value is -2.34. The largest absolute Gasteiger partial charge is 0.332 e. The highest BCUT2D eigenvalue weighted by Crippen LogP contribution is 2.32. The van der Waals surface area contributed by atoms with Crippen LogP contribution in [0, 0.1) is 13.8 Å². The Kier molecular flexibility index (Phi) is 6.08. The van der Waals surface area contributed by atoms with Gasteiger partial charge in [0.05, 0.1) is 5.39 Å². The van der Waals surface area contributed by atoms with E-state index in [1.807, 2.05) is 6.20 Å². The number of hydrogen-bond acceptors (Lipinski definition) is 4. The second-order valence-corrected chi connectivity index (χ2v) is 8.32. The maximum Gasteiger partial charge on any atom is 0.332 e. The molecule has 3 aromatic rings. The molecule has 0 amide bonds. The summed E-state index contributed by atoms with van der Waals surface area (Å²) in [6.45, 7) is 6.36. The van der Waals surface area contributed by atoms with Crippen molar-refractivity contribution in [2.75, 3.05) is 0 Å². The fourth-order valence-electron chi connectivity index (χ4n) is 3.36. The van der Waals surface area contributed by atoms with E-state index in [0.29, 0.717) is 11.0 Å². The lowest BCUT2D eigenvalue weighted by molar-refractivity contribution is 0.703. The molecule has 0 aliphatic rings. The Morgan fingerprint density at radius 1 is 1.07 bits per heavy atom. The van der Waals surface area contributed by atoms with E-state index in [9.17, 15) is 9.59 Å². The van der Waals surface area contributed by atoms with Gasteiger partial charge in [-0.15, -0.1) is 11.8 Å². The van der Waals surface area contributed by atoms with E-state index in [1.165, 1.54) is 32.9 Å². The first-order chi connectivity index (χ1) is 13.3. The van der Waals surface area contributed by atoms with Crippen molar-refractivity contribution in [1.29, 1.82) is 0 Å². The number of aryl methyl sites for hydroxylation is 4. The lowest BCUT2D eigenvalue weighted by Crippen LogP contribution is -2.37. The van der Waals surface area contributed by atoms with Crippen molar-refractivity contribution in [2.45, 2.75) is 50.7 Å². The average Bonchev–Trinajstić information content (AvgIpc) is 2.69. The van der Waals surface area contributed by atoms with Crippen molar-refractivity contribution >= 4 is 22.8 Å². The molecule has 148 valence electrons. The molecule has 3 rings (SSSR count). The molecule has 5 nitrogen and oxygen atoms in total. The quantitative estimate of drug-likeness (QED) is 0.592. The lowest BCUT2D eigenvalue weighted by atomic mass is 10.1. The molecular formula is C22H27N3O2S. The van der Waals surface area contributed by atoms with E-state index in [4.69, 9.17) is 0 Å². The van der Waals surface area contributed by atoms with Crippen molar-refractivity contribution in [3.8, 4) is 0 Å². The molecule has 0 fully saturated rings. The van der Waals surface area contributed by atoms with Crippen LogP contribution in [0.25, 0.3) is 11.0 Å². The summed E-state index contributed by atoms with van der Waals surface area (Å²) in [7, 11) is 3.20. The zero-order valence-electron chi connectivity index (χ0n) is 17.2. The molecule has 0 aliphatic heterocycles. The highest BCUT2D eigenvalue weighted by molar-refractivity contribution is 7.98. The van der Waals surface area contributed by atoms with Crippen molar-refractivity contribution in [2.24, 2.45) is 14.1 Å². The van der Waals surface area contributed by atoms with E-state index in [-0.39, 0.29) is 11.2 Å². The van der Waals surface area contributed by atoms with Crippen LogP contribution in [0.4, 0.5) is 0 Å². The monoisotopic (exact) mass is 397 g/mol. The number of nitrogens with zero attached hydrogens (tertiary/aromatic N) is 3. The second kappa shape index (κ2) is 8.35. The van der Waals surface area contributed by atoms with Crippen LogP contribution >= 0.6 is 11.8 Å². The predicted octanol–water partition coefficient (Wildman–Crippen LogP) is 3.88. The Morgan fingerprint density at radius 3 is 2.54 bits per heavy atom. The van der Waals surface area contributed by atoms with E-state index < -0.39 is 0 Å². The fourth-order valence-corrected chi connectivity index (χ4v) is 4.63. The fraction of sp³-hybridized carbons (Fsp3) is 0.409. The maximum absolute atomic E-state index is 13.0. The van der Waals surface area contributed by atoms with Crippen molar-refractivity contribution in [3.05, 3.63) is 67.5 Å². The van der Waals surface area contributed by atoms with Gasteiger partial charge in [0.25, 0.3) is 5.56 Å². The van der Waals surface area contributed by atoms with Gasteiger partial charge in [-0.1, -0.05) is 37.1 Å². The number of hydrogen-bond donors (Lipinski definition) is 0. The number of benzene rings is 1. The molecule has 28 heavy (non-hydrogen) atoms. The summed E-state index contributed by atoms with van der Waals surface area (Å²) in [4.78, 5) is 30.7. The molecule has 0 unspecified atom stereocenters. The first kappa shape index (κ1) is 20.4. The number of rotatable bonds is 6. The summed E-state index contributed by atoms with van der Waals surface area (Å²) < 4.78 is 2.64. The molecule has 0 N–H and O–H groups in total. The zero-order valence-corrected chi connectivity index (χ0v) is 18.0. The van der Waals surface area contributed by atoms with Crippen molar-refractivity contribution < 1.29 is 0 Å². The van der Waals surface area contributed by atoms with Crippen LogP contribution in [0.5, 0.6) is 0 Å². The number of unbranched alkanes of at least 4 members (excludes halogenated alkanes) is 1. The van der Waals surface area contributed by atoms with Gasteiger partial charge in [0, 0.05) is 30.9 Å². The lowest BCUT2D eigenvalue weighted by Gasteiger charge is -2.15. The number of fused-ring (bicyclic) bond motifs is 1. The van der Waals surface area contributed by atoms with Crippen molar-refractivity contribution in [1.82, 2.24) is 14.1 Å². The second-order valence-electron chi connectivity index (χ2n) is 7.34. The SMILES string of the molecule is CCCCc1cnc2c(c1SCc1cc(C)ccc1C)c(=O)n(C)c(=O)n2C. The minimum atomic E-state index is -0.350. The minimum Gasteiger partial charge on any atom is -0.280 e. The van der Waals surface area contributed by atoms with E-state index in [0.717, 1.165) is 35.5 Å². The van der Waals surface area contributed by atoms with Crippen molar-refractivity contribution in [3.63, 3.8) is 0 Å². The third kappa shape index (κ3) is 3.78. The van der Waals surface area contributed by atoms with Crippen LogP contribution in [0.1, 0.15) is 42.0 Å². The van der Waals surface area contributed by atoms with Gasteiger partial charge >= 0.3 is 5.69 Å². The van der Waals surface area contributed by atoms with Gasteiger partial charge in [0.2, 0.25) is 0 Å². The molecule has 1 aromatic carbocycles.